The number of fused-ring (bicyclic) bond motifs is 1. The molecule has 0 fully saturated rings. The third-order valence-corrected chi connectivity index (χ3v) is 5.25. The van der Waals surface area contributed by atoms with Gasteiger partial charge >= 0.3 is 5.97 Å². The first-order valence-corrected chi connectivity index (χ1v) is 11.1. The Bertz CT molecular complexity index is 1360. The standard InChI is InChI=1S/C26H26N4O5/c1-4-34-24(31)16-35-20-7-5-6-18(14-20)21-15-22(28-23-12-13-27-30(21)23)29-25(32)17-8-10-19(11-9-17)26(2,3)33/h5-15,33H,4,16H2,1-3H3,(H,28,29,32). The van der Waals surface area contributed by atoms with Gasteiger partial charge in [0.05, 0.1) is 24.1 Å². The van der Waals surface area contributed by atoms with E-state index < -0.39 is 11.6 Å². The molecule has 1 amide bonds. The fourth-order valence-corrected chi connectivity index (χ4v) is 3.49. The Morgan fingerprint density at radius 2 is 1.86 bits per heavy atom. The molecule has 0 saturated carbocycles. The fourth-order valence-electron chi connectivity index (χ4n) is 3.49. The van der Waals surface area contributed by atoms with Crippen LogP contribution in [0.2, 0.25) is 0 Å². The van der Waals surface area contributed by atoms with Crippen molar-refractivity contribution in [2.75, 3.05) is 18.5 Å². The first-order chi connectivity index (χ1) is 16.7. The SMILES string of the molecule is CCOC(=O)COc1cccc(-c2cc(NC(=O)c3ccc(C(C)(C)O)cc3)nc3ccnn23)c1. The van der Waals surface area contributed by atoms with Crippen molar-refractivity contribution in [3.63, 3.8) is 0 Å². The summed E-state index contributed by atoms with van der Waals surface area (Å²) in [6.07, 6.45) is 1.62. The van der Waals surface area contributed by atoms with Crippen molar-refractivity contribution in [1.82, 2.24) is 14.6 Å². The third kappa shape index (κ3) is 5.64. The number of carbonyl (C=O) groups excluding carboxylic acids is 2. The molecule has 0 saturated heterocycles. The van der Waals surface area contributed by atoms with E-state index in [0.29, 0.717) is 34.0 Å². The zero-order chi connectivity index (χ0) is 25.0. The van der Waals surface area contributed by atoms with Gasteiger partial charge in [-0.05, 0) is 50.6 Å². The summed E-state index contributed by atoms with van der Waals surface area (Å²) in [6, 6.07) is 17.4. The van der Waals surface area contributed by atoms with Crippen molar-refractivity contribution in [3.05, 3.63) is 78.0 Å². The number of hydrogen-bond acceptors (Lipinski definition) is 7. The van der Waals surface area contributed by atoms with Crippen LogP contribution in [0.1, 0.15) is 36.7 Å². The van der Waals surface area contributed by atoms with Crippen LogP contribution in [-0.2, 0) is 15.1 Å². The van der Waals surface area contributed by atoms with Gasteiger partial charge in [0.25, 0.3) is 5.91 Å². The molecular formula is C26H26N4O5. The van der Waals surface area contributed by atoms with E-state index >= 15 is 0 Å². The Kier molecular flexibility index (Phi) is 6.79. The zero-order valence-electron chi connectivity index (χ0n) is 19.7. The summed E-state index contributed by atoms with van der Waals surface area (Å²) in [5.41, 5.74) is 2.13. The lowest BCUT2D eigenvalue weighted by Gasteiger charge is -2.17. The van der Waals surface area contributed by atoms with Crippen molar-refractivity contribution in [2.24, 2.45) is 0 Å². The smallest absolute Gasteiger partial charge is 0.344 e. The molecule has 2 aromatic heterocycles. The van der Waals surface area contributed by atoms with Crippen LogP contribution in [0.4, 0.5) is 5.82 Å². The van der Waals surface area contributed by atoms with Gasteiger partial charge in [0.1, 0.15) is 11.6 Å². The van der Waals surface area contributed by atoms with E-state index in [9.17, 15) is 14.7 Å². The van der Waals surface area contributed by atoms with Crippen molar-refractivity contribution in [1.29, 1.82) is 0 Å². The Morgan fingerprint density at radius 1 is 1.09 bits per heavy atom. The van der Waals surface area contributed by atoms with E-state index in [4.69, 9.17) is 9.47 Å². The monoisotopic (exact) mass is 474 g/mol. The van der Waals surface area contributed by atoms with E-state index in [1.165, 1.54) is 0 Å². The molecule has 0 aliphatic heterocycles. The van der Waals surface area contributed by atoms with E-state index in [2.05, 4.69) is 15.4 Å². The maximum Gasteiger partial charge on any atom is 0.344 e. The summed E-state index contributed by atoms with van der Waals surface area (Å²) in [7, 11) is 0. The van der Waals surface area contributed by atoms with Gasteiger partial charge in [0.2, 0.25) is 0 Å². The normalized spacial score (nSPS) is 11.3. The molecule has 0 unspecified atom stereocenters. The molecular weight excluding hydrogens is 448 g/mol. The number of aliphatic hydroxyl groups is 1. The lowest BCUT2D eigenvalue weighted by molar-refractivity contribution is -0.145. The maximum absolute atomic E-state index is 12.9. The molecule has 180 valence electrons. The highest BCUT2D eigenvalue weighted by Gasteiger charge is 2.17. The minimum atomic E-state index is -0.993. The van der Waals surface area contributed by atoms with E-state index in [0.717, 1.165) is 5.56 Å². The van der Waals surface area contributed by atoms with Gasteiger partial charge in [0, 0.05) is 23.3 Å². The number of carbonyl (C=O) groups is 2. The Labute approximate surface area is 202 Å². The zero-order valence-corrected chi connectivity index (χ0v) is 19.7. The Balaban J connectivity index is 1.59. The first kappa shape index (κ1) is 23.9. The highest BCUT2D eigenvalue weighted by Crippen LogP contribution is 2.27. The highest BCUT2D eigenvalue weighted by molar-refractivity contribution is 6.04. The molecule has 0 aliphatic rings. The van der Waals surface area contributed by atoms with E-state index in [-0.39, 0.29) is 19.1 Å². The molecule has 9 heteroatoms. The van der Waals surface area contributed by atoms with Gasteiger partial charge in [-0.3, -0.25) is 4.79 Å². The van der Waals surface area contributed by atoms with E-state index in [1.54, 1.807) is 86.1 Å². The summed E-state index contributed by atoms with van der Waals surface area (Å²) in [4.78, 5) is 29.0. The second kappa shape index (κ2) is 9.94. The Morgan fingerprint density at radius 3 is 2.57 bits per heavy atom. The van der Waals surface area contributed by atoms with Gasteiger partial charge in [-0.25, -0.2) is 14.3 Å². The summed E-state index contributed by atoms with van der Waals surface area (Å²) in [6.45, 7) is 5.20. The first-order valence-electron chi connectivity index (χ1n) is 11.1. The second-order valence-corrected chi connectivity index (χ2v) is 8.34. The van der Waals surface area contributed by atoms with Crippen LogP contribution in [0, 0.1) is 0 Å². The molecule has 2 aromatic carbocycles. The number of anilines is 1. The van der Waals surface area contributed by atoms with Crippen molar-refractivity contribution >= 4 is 23.3 Å². The minimum Gasteiger partial charge on any atom is -0.482 e. The quantitative estimate of drug-likeness (QED) is 0.373. The van der Waals surface area contributed by atoms with Gasteiger partial charge in [-0.15, -0.1) is 0 Å². The Hall–Kier alpha value is -4.24. The van der Waals surface area contributed by atoms with Crippen LogP contribution < -0.4 is 10.1 Å². The lowest BCUT2D eigenvalue weighted by Crippen LogP contribution is -2.17. The van der Waals surface area contributed by atoms with Crippen molar-refractivity contribution < 1.29 is 24.2 Å². The molecule has 2 heterocycles. The number of rotatable bonds is 8. The van der Waals surface area contributed by atoms with Crippen LogP contribution in [0.25, 0.3) is 16.9 Å². The molecule has 0 bridgehead atoms. The fraction of sp³-hybridized carbons (Fsp3) is 0.231. The maximum atomic E-state index is 12.9. The number of esters is 1. The molecule has 9 nitrogen and oxygen atoms in total. The molecule has 0 aliphatic carbocycles. The number of nitrogens with zero attached hydrogens (tertiary/aromatic N) is 3. The van der Waals surface area contributed by atoms with Gasteiger partial charge in [-0.1, -0.05) is 24.3 Å². The number of amides is 1. The number of ether oxygens (including phenoxy) is 2. The molecule has 4 rings (SSSR count). The van der Waals surface area contributed by atoms with Crippen molar-refractivity contribution in [2.45, 2.75) is 26.4 Å². The molecule has 2 N–H and O–H groups in total. The van der Waals surface area contributed by atoms with E-state index in [1.807, 2.05) is 6.07 Å². The highest BCUT2D eigenvalue weighted by atomic mass is 16.6. The van der Waals surface area contributed by atoms with Crippen LogP contribution in [0.3, 0.4) is 0 Å². The predicted molar refractivity (Wildman–Crippen MR) is 130 cm³/mol. The summed E-state index contributed by atoms with van der Waals surface area (Å²) in [5.74, 6) is 0.0607. The number of nitrogens with one attached hydrogen (secondary N) is 1. The minimum absolute atomic E-state index is 0.196. The number of aromatic nitrogens is 3. The number of hydrogen-bond donors (Lipinski definition) is 2. The summed E-state index contributed by atoms with van der Waals surface area (Å²) < 4.78 is 12.1. The molecule has 4 aromatic rings. The average Bonchev–Trinajstić information content (AvgIpc) is 3.31. The average molecular weight is 475 g/mol. The molecule has 35 heavy (non-hydrogen) atoms. The number of benzene rings is 2. The lowest BCUT2D eigenvalue weighted by atomic mass is 9.97. The predicted octanol–water partition coefficient (Wildman–Crippen LogP) is 3.82. The van der Waals surface area contributed by atoms with Crippen LogP contribution in [-0.4, -0.2) is 44.8 Å². The topological polar surface area (TPSA) is 115 Å². The van der Waals surface area contributed by atoms with Gasteiger partial charge < -0.3 is 19.9 Å². The third-order valence-electron chi connectivity index (χ3n) is 5.25. The van der Waals surface area contributed by atoms with Crippen LogP contribution >= 0.6 is 0 Å². The van der Waals surface area contributed by atoms with Gasteiger partial charge in [-0.2, -0.15) is 5.10 Å². The van der Waals surface area contributed by atoms with Gasteiger partial charge in [0.15, 0.2) is 12.3 Å². The second-order valence-electron chi connectivity index (χ2n) is 8.34. The summed E-state index contributed by atoms with van der Waals surface area (Å²) >= 11 is 0. The molecule has 0 atom stereocenters. The largest absolute Gasteiger partial charge is 0.482 e. The van der Waals surface area contributed by atoms with Crippen LogP contribution in [0.15, 0.2) is 66.9 Å². The molecule has 0 spiro atoms. The summed E-state index contributed by atoms with van der Waals surface area (Å²) in [5, 5.41) is 17.3. The van der Waals surface area contributed by atoms with Crippen LogP contribution in [0.5, 0.6) is 5.75 Å². The molecule has 0 radical (unpaired) electrons. The van der Waals surface area contributed by atoms with Crippen molar-refractivity contribution in [3.8, 4) is 17.0 Å².